The third kappa shape index (κ3) is 2.32. The molecule has 0 saturated carbocycles. The average molecular weight is 279 g/mol. The van der Waals surface area contributed by atoms with Crippen molar-refractivity contribution in [2.45, 2.75) is 19.3 Å². The zero-order valence-corrected chi connectivity index (χ0v) is 10.9. The average Bonchev–Trinajstić information content (AvgIpc) is 2.73. The Bertz CT molecular complexity index is 560. The number of halogens is 1. The van der Waals surface area contributed by atoms with Crippen molar-refractivity contribution in [2.75, 3.05) is 13.2 Å². The van der Waals surface area contributed by atoms with Crippen LogP contribution in [-0.2, 0) is 19.1 Å². The summed E-state index contributed by atoms with van der Waals surface area (Å²) < 4.78 is 24.9. The van der Waals surface area contributed by atoms with Gasteiger partial charge in [-0.2, -0.15) is 0 Å². The number of rotatable bonds is 2. The fourth-order valence-corrected chi connectivity index (χ4v) is 2.37. The smallest absolute Gasteiger partial charge is 0.186 e. The number of hydrogen-bond donors (Lipinski definition) is 0. The number of ether oxygens (including phenoxy) is 2. The van der Waals surface area contributed by atoms with Gasteiger partial charge in [-0.25, -0.2) is 4.39 Å². The van der Waals surface area contributed by atoms with E-state index in [0.29, 0.717) is 11.3 Å². The SMILES string of the molecule is CC(=O)C1=NOC2COC(c3ccccc3F)OCC12. The normalized spacial score (nSPS) is 29.1. The van der Waals surface area contributed by atoms with Crippen LogP contribution in [0.1, 0.15) is 18.8 Å². The number of fused-ring (bicyclic) bond motifs is 1. The second kappa shape index (κ2) is 5.30. The summed E-state index contributed by atoms with van der Waals surface area (Å²) in [7, 11) is 0. The first kappa shape index (κ1) is 13.2. The molecule has 5 nitrogen and oxygen atoms in total. The highest BCUT2D eigenvalue weighted by atomic mass is 19.1. The van der Waals surface area contributed by atoms with Crippen molar-refractivity contribution in [3.63, 3.8) is 0 Å². The number of oxime groups is 1. The molecule has 1 saturated heterocycles. The second-order valence-electron chi connectivity index (χ2n) is 4.80. The number of ketones is 1. The minimum Gasteiger partial charge on any atom is -0.389 e. The first-order valence-corrected chi connectivity index (χ1v) is 6.39. The molecule has 106 valence electrons. The number of benzene rings is 1. The summed E-state index contributed by atoms with van der Waals surface area (Å²) in [4.78, 5) is 16.6. The molecule has 20 heavy (non-hydrogen) atoms. The van der Waals surface area contributed by atoms with Gasteiger partial charge >= 0.3 is 0 Å². The van der Waals surface area contributed by atoms with Crippen LogP contribution in [0.4, 0.5) is 4.39 Å². The maximum Gasteiger partial charge on any atom is 0.186 e. The van der Waals surface area contributed by atoms with E-state index in [9.17, 15) is 9.18 Å². The Balaban J connectivity index is 1.77. The monoisotopic (exact) mass is 279 g/mol. The van der Waals surface area contributed by atoms with Gasteiger partial charge in [0.05, 0.1) is 19.1 Å². The molecular formula is C14H14FNO4. The fourth-order valence-electron chi connectivity index (χ4n) is 2.37. The maximum absolute atomic E-state index is 13.7. The van der Waals surface area contributed by atoms with Gasteiger partial charge in [0.2, 0.25) is 0 Å². The van der Waals surface area contributed by atoms with Crippen LogP contribution in [0.2, 0.25) is 0 Å². The minimum atomic E-state index is -0.793. The second-order valence-corrected chi connectivity index (χ2v) is 4.80. The molecule has 2 aliphatic rings. The van der Waals surface area contributed by atoms with Crippen molar-refractivity contribution < 1.29 is 23.5 Å². The van der Waals surface area contributed by atoms with E-state index in [1.54, 1.807) is 18.2 Å². The summed E-state index contributed by atoms with van der Waals surface area (Å²) in [6.07, 6.45) is -1.15. The summed E-state index contributed by atoms with van der Waals surface area (Å²) >= 11 is 0. The molecule has 0 bridgehead atoms. The Hall–Kier alpha value is -1.79. The molecule has 2 heterocycles. The van der Waals surface area contributed by atoms with Crippen LogP contribution in [-0.4, -0.2) is 30.8 Å². The first-order chi connectivity index (χ1) is 9.66. The molecule has 0 N–H and O–H groups in total. The van der Waals surface area contributed by atoms with E-state index in [1.165, 1.54) is 13.0 Å². The van der Waals surface area contributed by atoms with Crippen molar-refractivity contribution in [3.05, 3.63) is 35.6 Å². The summed E-state index contributed by atoms with van der Waals surface area (Å²) in [5, 5.41) is 3.77. The Morgan fingerprint density at radius 2 is 2.05 bits per heavy atom. The largest absolute Gasteiger partial charge is 0.389 e. The Morgan fingerprint density at radius 3 is 2.80 bits per heavy atom. The van der Waals surface area contributed by atoms with Crippen molar-refractivity contribution in [3.8, 4) is 0 Å². The van der Waals surface area contributed by atoms with E-state index in [-0.39, 0.29) is 36.8 Å². The molecule has 3 atom stereocenters. The number of nitrogens with zero attached hydrogens (tertiary/aromatic N) is 1. The van der Waals surface area contributed by atoms with E-state index >= 15 is 0 Å². The lowest BCUT2D eigenvalue weighted by molar-refractivity contribution is -0.141. The van der Waals surface area contributed by atoms with Gasteiger partial charge in [-0.15, -0.1) is 0 Å². The third-order valence-electron chi connectivity index (χ3n) is 3.45. The van der Waals surface area contributed by atoms with Gasteiger partial charge in [0.1, 0.15) is 11.5 Å². The minimum absolute atomic E-state index is 0.148. The quantitative estimate of drug-likeness (QED) is 0.828. The molecule has 0 aliphatic carbocycles. The van der Waals surface area contributed by atoms with Gasteiger partial charge < -0.3 is 14.3 Å². The number of carbonyl (C=O) groups is 1. The highest BCUT2D eigenvalue weighted by Crippen LogP contribution is 2.30. The third-order valence-corrected chi connectivity index (χ3v) is 3.45. The summed E-state index contributed by atoms with van der Waals surface area (Å²) in [6, 6.07) is 6.29. The molecule has 6 heteroatoms. The molecule has 1 fully saturated rings. The van der Waals surface area contributed by atoms with Crippen LogP contribution >= 0.6 is 0 Å². The lowest BCUT2D eigenvalue weighted by Crippen LogP contribution is -2.31. The van der Waals surface area contributed by atoms with Crippen LogP contribution in [0.5, 0.6) is 0 Å². The fraction of sp³-hybridized carbons (Fsp3) is 0.429. The van der Waals surface area contributed by atoms with Crippen molar-refractivity contribution in [1.29, 1.82) is 0 Å². The van der Waals surface area contributed by atoms with Gasteiger partial charge in [-0.05, 0) is 6.07 Å². The Labute approximate surface area is 115 Å². The van der Waals surface area contributed by atoms with Gasteiger partial charge in [0.25, 0.3) is 0 Å². The van der Waals surface area contributed by atoms with Crippen LogP contribution in [0.3, 0.4) is 0 Å². The van der Waals surface area contributed by atoms with Crippen molar-refractivity contribution in [2.24, 2.45) is 11.1 Å². The highest BCUT2D eigenvalue weighted by Gasteiger charge is 2.40. The number of Topliss-reactive ketones (excluding diaryl/α,β-unsaturated/α-hetero) is 1. The summed E-state index contributed by atoms with van der Waals surface area (Å²) in [5.74, 6) is -0.791. The molecule has 0 radical (unpaired) electrons. The molecule has 0 amide bonds. The van der Waals surface area contributed by atoms with Gasteiger partial charge in [-0.1, -0.05) is 23.4 Å². The Kier molecular flexibility index (Phi) is 3.50. The Morgan fingerprint density at radius 1 is 1.30 bits per heavy atom. The first-order valence-electron chi connectivity index (χ1n) is 6.39. The van der Waals surface area contributed by atoms with E-state index in [1.807, 2.05) is 0 Å². The van der Waals surface area contributed by atoms with Crippen LogP contribution in [0.25, 0.3) is 0 Å². The molecule has 1 aromatic rings. The van der Waals surface area contributed by atoms with E-state index in [0.717, 1.165) is 0 Å². The topological polar surface area (TPSA) is 57.1 Å². The molecule has 1 aromatic carbocycles. The lowest BCUT2D eigenvalue weighted by Gasteiger charge is -2.16. The maximum atomic E-state index is 13.7. The molecule has 0 spiro atoms. The van der Waals surface area contributed by atoms with E-state index in [2.05, 4.69) is 5.16 Å². The standard InChI is InChI=1S/C14H14FNO4/c1-8(17)13-10-6-18-14(19-7-12(10)20-16-13)9-4-2-3-5-11(9)15/h2-5,10,12,14H,6-7H2,1H3. The molecule has 3 unspecified atom stereocenters. The molecule has 0 aromatic heterocycles. The van der Waals surface area contributed by atoms with Gasteiger partial charge in [0.15, 0.2) is 18.2 Å². The zero-order valence-electron chi connectivity index (χ0n) is 10.9. The lowest BCUT2D eigenvalue weighted by atomic mass is 9.96. The highest BCUT2D eigenvalue weighted by molar-refractivity contribution is 6.40. The predicted octanol–water partition coefficient (Wildman–Crippen LogP) is 1.83. The van der Waals surface area contributed by atoms with Gasteiger partial charge in [0, 0.05) is 12.5 Å². The van der Waals surface area contributed by atoms with Crippen LogP contribution in [0, 0.1) is 11.7 Å². The van der Waals surface area contributed by atoms with Crippen molar-refractivity contribution >= 4 is 11.5 Å². The number of hydrogen-bond acceptors (Lipinski definition) is 5. The van der Waals surface area contributed by atoms with Crippen LogP contribution < -0.4 is 0 Å². The van der Waals surface area contributed by atoms with E-state index < -0.39 is 6.29 Å². The summed E-state index contributed by atoms with van der Waals surface area (Å²) in [5.41, 5.74) is 0.696. The van der Waals surface area contributed by atoms with E-state index in [4.69, 9.17) is 14.3 Å². The van der Waals surface area contributed by atoms with Crippen LogP contribution in [0.15, 0.2) is 29.4 Å². The van der Waals surface area contributed by atoms with Gasteiger partial charge in [-0.3, -0.25) is 4.79 Å². The molecule has 2 aliphatic heterocycles. The molecule has 3 rings (SSSR count). The predicted molar refractivity (Wildman–Crippen MR) is 67.5 cm³/mol. The number of carbonyl (C=O) groups excluding carboxylic acids is 1. The van der Waals surface area contributed by atoms with Crippen molar-refractivity contribution in [1.82, 2.24) is 0 Å². The molecular weight excluding hydrogens is 265 g/mol. The summed E-state index contributed by atoms with van der Waals surface area (Å²) in [6.45, 7) is 1.84. The zero-order chi connectivity index (χ0) is 14.1.